The predicted molar refractivity (Wildman–Crippen MR) is 115 cm³/mol. The van der Waals surface area contributed by atoms with Gasteiger partial charge in [0.1, 0.15) is 23.6 Å². The van der Waals surface area contributed by atoms with Crippen molar-refractivity contribution in [2.45, 2.75) is 38.4 Å². The number of β-amino-alcohol motifs (C(OH)–C–C–N with tert-alkyl or cyclic N) is 1. The number of carbonyl (C=O) groups is 1. The molecular weight excluding hydrogens is 398 g/mol. The zero-order valence-electron chi connectivity index (χ0n) is 18.6. The lowest BCUT2D eigenvalue weighted by molar-refractivity contribution is -0.0838. The molecule has 2 heterocycles. The Balaban J connectivity index is 1.54. The summed E-state index contributed by atoms with van der Waals surface area (Å²) in [5.41, 5.74) is -1.38. The Bertz CT molecular complexity index is 787. The highest BCUT2D eigenvalue weighted by molar-refractivity contribution is 5.68. The Hall–Kier alpha value is -2.34. The van der Waals surface area contributed by atoms with Crippen LogP contribution in [0, 0.1) is 23.2 Å². The summed E-state index contributed by atoms with van der Waals surface area (Å²) in [6.45, 7) is 8.20. The van der Waals surface area contributed by atoms with Crippen molar-refractivity contribution in [1.29, 1.82) is 5.26 Å². The summed E-state index contributed by atoms with van der Waals surface area (Å²) in [6.07, 6.45) is 0.785. The summed E-state index contributed by atoms with van der Waals surface area (Å²) in [7, 11) is 0. The molecule has 31 heavy (non-hydrogen) atoms. The molecule has 0 aromatic heterocycles. The average Bonchev–Trinajstić information content (AvgIpc) is 2.70. The van der Waals surface area contributed by atoms with Crippen molar-refractivity contribution < 1.29 is 24.5 Å². The zero-order chi connectivity index (χ0) is 22.6. The van der Waals surface area contributed by atoms with Gasteiger partial charge in [-0.2, -0.15) is 5.26 Å². The zero-order valence-corrected chi connectivity index (χ0v) is 18.6. The quantitative estimate of drug-likeness (QED) is 0.708. The van der Waals surface area contributed by atoms with Crippen molar-refractivity contribution in [1.82, 2.24) is 9.80 Å². The van der Waals surface area contributed by atoms with Crippen LogP contribution in [0.4, 0.5) is 4.79 Å². The van der Waals surface area contributed by atoms with Gasteiger partial charge in [0, 0.05) is 32.7 Å². The number of ether oxygens (including phenoxy) is 2. The molecule has 2 saturated heterocycles. The molecule has 2 aliphatic heterocycles. The van der Waals surface area contributed by atoms with Crippen molar-refractivity contribution in [3.05, 3.63) is 29.8 Å². The maximum atomic E-state index is 12.4. The molecule has 1 aromatic carbocycles. The molecule has 0 radical (unpaired) electrons. The van der Waals surface area contributed by atoms with Crippen molar-refractivity contribution in [2.75, 3.05) is 45.9 Å². The predicted octanol–water partition coefficient (Wildman–Crippen LogP) is 1.85. The van der Waals surface area contributed by atoms with E-state index in [4.69, 9.17) is 14.7 Å². The second-order valence-electron chi connectivity index (χ2n) is 9.85. The first kappa shape index (κ1) is 23.3. The average molecular weight is 432 g/mol. The molecule has 1 aromatic rings. The highest BCUT2D eigenvalue weighted by atomic mass is 16.6. The van der Waals surface area contributed by atoms with E-state index >= 15 is 0 Å². The number of hydrogen-bond donors (Lipinski definition) is 2. The van der Waals surface area contributed by atoms with Gasteiger partial charge in [0.15, 0.2) is 0 Å². The van der Waals surface area contributed by atoms with Gasteiger partial charge in [0.05, 0.1) is 18.2 Å². The molecule has 2 aliphatic rings. The molecule has 8 heteroatoms. The number of nitrogens with zero attached hydrogens (tertiary/aromatic N) is 3. The minimum atomic E-state index is -1.40. The van der Waals surface area contributed by atoms with Crippen LogP contribution in [-0.4, -0.2) is 83.2 Å². The number of likely N-dealkylation sites (tertiary alicyclic amines) is 2. The summed E-state index contributed by atoms with van der Waals surface area (Å²) in [5.74, 6) is 1.15. The van der Waals surface area contributed by atoms with E-state index in [9.17, 15) is 15.0 Å². The molecule has 8 nitrogen and oxygen atoms in total. The van der Waals surface area contributed by atoms with Gasteiger partial charge in [-0.25, -0.2) is 4.79 Å². The smallest absolute Gasteiger partial charge is 0.410 e. The maximum Gasteiger partial charge on any atom is 0.410 e. The number of hydrogen-bond acceptors (Lipinski definition) is 7. The fourth-order valence-electron chi connectivity index (χ4n) is 4.39. The minimum absolute atomic E-state index is 0.0503. The molecule has 2 N–H and O–H groups in total. The molecule has 0 aliphatic carbocycles. The van der Waals surface area contributed by atoms with Gasteiger partial charge in [-0.05, 0) is 63.3 Å². The number of aliphatic hydroxyl groups excluding tert-OH is 1. The number of rotatable bonds is 6. The van der Waals surface area contributed by atoms with Crippen LogP contribution in [0.1, 0.15) is 32.8 Å². The highest BCUT2D eigenvalue weighted by Crippen LogP contribution is 2.30. The van der Waals surface area contributed by atoms with E-state index in [0.717, 1.165) is 19.5 Å². The topological polar surface area (TPSA) is 106 Å². The molecule has 2 fully saturated rings. The highest BCUT2D eigenvalue weighted by Gasteiger charge is 2.40. The summed E-state index contributed by atoms with van der Waals surface area (Å²) >= 11 is 0. The second kappa shape index (κ2) is 9.43. The Kier molecular flexibility index (Phi) is 7.10. The van der Waals surface area contributed by atoms with E-state index in [1.165, 1.54) is 0 Å². The largest absolute Gasteiger partial charge is 0.490 e. The van der Waals surface area contributed by atoms with E-state index < -0.39 is 17.8 Å². The molecule has 3 unspecified atom stereocenters. The molecule has 0 saturated carbocycles. The number of benzene rings is 1. The number of carbonyl (C=O) groups excluding carboxylic acids is 1. The van der Waals surface area contributed by atoms with Crippen LogP contribution in [0.3, 0.4) is 0 Å². The molecule has 3 rings (SSSR count). The fourth-order valence-corrected chi connectivity index (χ4v) is 4.39. The third kappa shape index (κ3) is 6.57. The SMILES string of the molecule is CC(C)(C)OC(=O)N1CC2CC(CN(CC(O)(CO)COc3ccc(C#N)cc3)C2)C1. The van der Waals surface area contributed by atoms with Crippen LogP contribution in [0.5, 0.6) is 5.75 Å². The lowest BCUT2D eigenvalue weighted by Gasteiger charge is -2.47. The van der Waals surface area contributed by atoms with E-state index in [0.29, 0.717) is 42.8 Å². The van der Waals surface area contributed by atoms with Crippen molar-refractivity contribution >= 4 is 6.09 Å². The van der Waals surface area contributed by atoms with E-state index in [-0.39, 0.29) is 12.7 Å². The van der Waals surface area contributed by atoms with Gasteiger partial charge >= 0.3 is 6.09 Å². The van der Waals surface area contributed by atoms with Gasteiger partial charge in [-0.1, -0.05) is 0 Å². The normalized spacial score (nSPS) is 23.5. The monoisotopic (exact) mass is 431 g/mol. The molecule has 1 amide bonds. The Morgan fingerprint density at radius 3 is 2.29 bits per heavy atom. The van der Waals surface area contributed by atoms with Crippen LogP contribution in [0.15, 0.2) is 24.3 Å². The van der Waals surface area contributed by atoms with Crippen LogP contribution >= 0.6 is 0 Å². The van der Waals surface area contributed by atoms with Crippen molar-refractivity contribution in [3.63, 3.8) is 0 Å². The van der Waals surface area contributed by atoms with Crippen molar-refractivity contribution in [3.8, 4) is 11.8 Å². The Morgan fingerprint density at radius 1 is 1.16 bits per heavy atom. The van der Waals surface area contributed by atoms with Gasteiger partial charge in [0.2, 0.25) is 0 Å². The number of amides is 1. The summed E-state index contributed by atoms with van der Waals surface area (Å²) in [5, 5.41) is 29.6. The number of nitriles is 1. The maximum absolute atomic E-state index is 12.4. The van der Waals surface area contributed by atoms with E-state index in [2.05, 4.69) is 4.90 Å². The third-order valence-electron chi connectivity index (χ3n) is 5.61. The molecular formula is C23H33N3O5. The molecule has 0 spiro atoms. The first-order chi connectivity index (χ1) is 14.6. The van der Waals surface area contributed by atoms with E-state index in [1.807, 2.05) is 26.8 Å². The third-order valence-corrected chi connectivity index (χ3v) is 5.61. The fraction of sp³-hybridized carbons (Fsp3) is 0.652. The number of piperidine rings is 2. The van der Waals surface area contributed by atoms with Gasteiger partial charge in [-0.15, -0.1) is 0 Å². The molecule has 3 atom stereocenters. The van der Waals surface area contributed by atoms with Gasteiger partial charge in [0.25, 0.3) is 0 Å². The molecule has 2 bridgehead atoms. The van der Waals surface area contributed by atoms with E-state index in [1.54, 1.807) is 29.2 Å². The standard InChI is InChI=1S/C23H33N3O5/c1-22(2,3)31-21(28)26-12-18-8-19(13-26)11-25(10-18)14-23(29,15-27)16-30-20-6-4-17(9-24)5-7-20/h4-7,18-19,27,29H,8,10-16H2,1-3H3. The number of fused-ring (bicyclic) bond motifs is 2. The first-order valence-electron chi connectivity index (χ1n) is 10.8. The number of aliphatic hydroxyl groups is 2. The van der Waals surface area contributed by atoms with Crippen molar-refractivity contribution in [2.24, 2.45) is 11.8 Å². The molecule has 170 valence electrons. The lowest BCUT2D eigenvalue weighted by atomic mass is 9.84. The summed E-state index contributed by atoms with van der Waals surface area (Å²) < 4.78 is 11.2. The van der Waals surface area contributed by atoms with Crippen LogP contribution in [0.25, 0.3) is 0 Å². The first-order valence-corrected chi connectivity index (χ1v) is 10.8. The Morgan fingerprint density at radius 2 is 1.77 bits per heavy atom. The Labute approximate surface area is 184 Å². The van der Waals surface area contributed by atoms with Crippen LogP contribution in [0.2, 0.25) is 0 Å². The lowest BCUT2D eigenvalue weighted by Crippen LogP contribution is -2.58. The van der Waals surface area contributed by atoms with Gasteiger partial charge in [-0.3, -0.25) is 4.90 Å². The van der Waals surface area contributed by atoms with Gasteiger partial charge < -0.3 is 24.6 Å². The second-order valence-corrected chi connectivity index (χ2v) is 9.85. The van der Waals surface area contributed by atoms with Crippen LogP contribution in [-0.2, 0) is 4.74 Å². The summed E-state index contributed by atoms with van der Waals surface area (Å²) in [6, 6.07) is 8.69. The summed E-state index contributed by atoms with van der Waals surface area (Å²) in [4.78, 5) is 16.4. The van der Waals surface area contributed by atoms with Crippen LogP contribution < -0.4 is 4.74 Å². The minimum Gasteiger partial charge on any atom is -0.490 e.